The molecule has 0 radical (unpaired) electrons. The largest absolute Gasteiger partial charge is 0.492 e. The molecule has 17 heavy (non-hydrogen) atoms. The van der Waals surface area contributed by atoms with E-state index < -0.39 is 0 Å². The third kappa shape index (κ3) is 3.12. The summed E-state index contributed by atoms with van der Waals surface area (Å²) in [5.74, 6) is 0.863. The molecule has 4 heteroatoms. The lowest BCUT2D eigenvalue weighted by Crippen LogP contribution is -2.31. The minimum absolute atomic E-state index is 0.00920. The Morgan fingerprint density at radius 3 is 2.71 bits per heavy atom. The number of hydrogen-bond donors (Lipinski definition) is 1. The number of nitrogens with zero attached hydrogens (tertiary/aromatic N) is 1. The van der Waals surface area contributed by atoms with Gasteiger partial charge in [-0.1, -0.05) is 19.1 Å². The third-order valence-corrected chi connectivity index (χ3v) is 2.91. The maximum Gasteiger partial charge on any atom is 0.317 e. The maximum atomic E-state index is 11.3. The van der Waals surface area contributed by atoms with Gasteiger partial charge in [-0.15, -0.1) is 0 Å². The van der Waals surface area contributed by atoms with Crippen molar-refractivity contribution in [2.24, 2.45) is 0 Å². The molecule has 0 bridgehead atoms. The summed E-state index contributed by atoms with van der Waals surface area (Å²) < 4.78 is 5.59. The Balaban J connectivity index is 1.75. The van der Waals surface area contributed by atoms with E-state index in [1.165, 1.54) is 5.56 Å². The van der Waals surface area contributed by atoms with Crippen LogP contribution in [0.2, 0.25) is 0 Å². The number of nitrogens with one attached hydrogen (secondary N) is 1. The molecule has 1 heterocycles. The molecule has 1 N–H and O–H groups in total. The molecule has 0 aromatic heterocycles. The van der Waals surface area contributed by atoms with Gasteiger partial charge in [0.05, 0.1) is 6.54 Å². The smallest absolute Gasteiger partial charge is 0.317 e. The van der Waals surface area contributed by atoms with E-state index in [0.717, 1.165) is 25.3 Å². The summed E-state index contributed by atoms with van der Waals surface area (Å²) in [5, 5.41) is 2.76. The predicted octanol–water partition coefficient (Wildman–Crippen LogP) is 1.65. The van der Waals surface area contributed by atoms with Crippen molar-refractivity contribution in [3.63, 3.8) is 0 Å². The fourth-order valence-corrected chi connectivity index (χ4v) is 1.82. The molecule has 1 aromatic rings. The van der Waals surface area contributed by atoms with E-state index >= 15 is 0 Å². The molecule has 92 valence electrons. The van der Waals surface area contributed by atoms with Crippen molar-refractivity contribution in [1.82, 2.24) is 10.2 Å². The lowest BCUT2D eigenvalue weighted by Gasteiger charge is -2.14. The number of rotatable bonds is 5. The van der Waals surface area contributed by atoms with Gasteiger partial charge in [-0.2, -0.15) is 0 Å². The Kier molecular flexibility index (Phi) is 3.85. The quantitative estimate of drug-likeness (QED) is 0.841. The first-order chi connectivity index (χ1) is 8.29. The number of amides is 2. The molecule has 0 unspecified atom stereocenters. The van der Waals surface area contributed by atoms with Gasteiger partial charge in [0.25, 0.3) is 0 Å². The number of aryl methyl sites for hydroxylation is 1. The first-order valence-corrected chi connectivity index (χ1v) is 6.04. The predicted molar refractivity (Wildman–Crippen MR) is 66.3 cm³/mol. The first kappa shape index (κ1) is 11.8. The normalized spacial score (nSPS) is 14.9. The molecular formula is C13H18N2O2. The molecular weight excluding hydrogens is 216 g/mol. The lowest BCUT2D eigenvalue weighted by atomic mass is 10.2. The molecule has 4 nitrogen and oxygen atoms in total. The van der Waals surface area contributed by atoms with E-state index in [4.69, 9.17) is 4.74 Å². The molecule has 0 saturated carbocycles. The van der Waals surface area contributed by atoms with Crippen LogP contribution in [0.15, 0.2) is 24.3 Å². The minimum atomic E-state index is 0.00920. The highest BCUT2D eigenvalue weighted by Crippen LogP contribution is 2.12. The molecule has 2 amide bonds. The van der Waals surface area contributed by atoms with Crippen LogP contribution >= 0.6 is 0 Å². The number of urea groups is 1. The SMILES string of the molecule is CCc1ccc(OCCN2CCNC2=O)cc1. The van der Waals surface area contributed by atoms with Crippen LogP contribution in [-0.2, 0) is 6.42 Å². The lowest BCUT2D eigenvalue weighted by molar-refractivity contribution is 0.202. The molecule has 0 aliphatic carbocycles. The minimum Gasteiger partial charge on any atom is -0.492 e. The van der Waals surface area contributed by atoms with Gasteiger partial charge in [0, 0.05) is 13.1 Å². The summed E-state index contributed by atoms with van der Waals surface area (Å²) in [4.78, 5) is 13.0. The number of benzene rings is 1. The average molecular weight is 234 g/mol. The van der Waals surface area contributed by atoms with Crippen molar-refractivity contribution in [2.75, 3.05) is 26.2 Å². The van der Waals surface area contributed by atoms with E-state index in [1.807, 2.05) is 12.1 Å². The summed E-state index contributed by atoms with van der Waals surface area (Å²) in [7, 11) is 0. The van der Waals surface area contributed by atoms with Gasteiger partial charge in [-0.05, 0) is 24.1 Å². The molecule has 1 aliphatic rings. The van der Waals surface area contributed by atoms with Gasteiger partial charge in [-0.3, -0.25) is 0 Å². The summed E-state index contributed by atoms with van der Waals surface area (Å²) >= 11 is 0. The molecule has 0 atom stereocenters. The van der Waals surface area contributed by atoms with Gasteiger partial charge in [0.15, 0.2) is 0 Å². The fourth-order valence-electron chi connectivity index (χ4n) is 1.82. The second-order valence-electron chi connectivity index (χ2n) is 4.06. The number of hydrogen-bond acceptors (Lipinski definition) is 2. The topological polar surface area (TPSA) is 41.6 Å². The van der Waals surface area contributed by atoms with E-state index in [-0.39, 0.29) is 6.03 Å². The maximum absolute atomic E-state index is 11.3. The summed E-state index contributed by atoms with van der Waals surface area (Å²) in [6.07, 6.45) is 1.04. The molecule has 1 aliphatic heterocycles. The van der Waals surface area contributed by atoms with E-state index in [0.29, 0.717) is 13.2 Å². The highest BCUT2D eigenvalue weighted by atomic mass is 16.5. The highest BCUT2D eigenvalue weighted by molar-refractivity contribution is 5.76. The molecule has 1 aromatic carbocycles. The van der Waals surface area contributed by atoms with Gasteiger partial charge in [-0.25, -0.2) is 4.79 Å². The second kappa shape index (κ2) is 5.57. The number of carbonyl (C=O) groups is 1. The Labute approximate surface area is 102 Å². The zero-order valence-corrected chi connectivity index (χ0v) is 10.1. The van der Waals surface area contributed by atoms with Crippen LogP contribution in [0.5, 0.6) is 5.75 Å². The van der Waals surface area contributed by atoms with Gasteiger partial charge >= 0.3 is 6.03 Å². The van der Waals surface area contributed by atoms with Crippen molar-refractivity contribution < 1.29 is 9.53 Å². The van der Waals surface area contributed by atoms with Crippen LogP contribution in [0, 0.1) is 0 Å². The molecule has 2 rings (SSSR count). The van der Waals surface area contributed by atoms with Gasteiger partial charge in [0.2, 0.25) is 0 Å². The summed E-state index contributed by atoms with van der Waals surface area (Å²) in [6, 6.07) is 8.09. The first-order valence-electron chi connectivity index (χ1n) is 6.04. The number of carbonyl (C=O) groups excluding carboxylic acids is 1. The summed E-state index contributed by atoms with van der Waals surface area (Å²) in [5.41, 5.74) is 1.30. The second-order valence-corrected chi connectivity index (χ2v) is 4.06. The van der Waals surface area contributed by atoms with Crippen LogP contribution in [0.3, 0.4) is 0 Å². The van der Waals surface area contributed by atoms with Crippen LogP contribution in [0.25, 0.3) is 0 Å². The fraction of sp³-hybridized carbons (Fsp3) is 0.462. The van der Waals surface area contributed by atoms with Crippen molar-refractivity contribution in [3.8, 4) is 5.75 Å². The van der Waals surface area contributed by atoms with E-state index in [9.17, 15) is 4.79 Å². The third-order valence-electron chi connectivity index (χ3n) is 2.91. The van der Waals surface area contributed by atoms with Crippen LogP contribution in [0.4, 0.5) is 4.79 Å². The van der Waals surface area contributed by atoms with Crippen molar-refractivity contribution in [1.29, 1.82) is 0 Å². The average Bonchev–Trinajstić information content (AvgIpc) is 2.76. The van der Waals surface area contributed by atoms with Gasteiger partial charge in [0.1, 0.15) is 12.4 Å². The Morgan fingerprint density at radius 1 is 1.35 bits per heavy atom. The Morgan fingerprint density at radius 2 is 2.12 bits per heavy atom. The van der Waals surface area contributed by atoms with E-state index in [1.54, 1.807) is 4.90 Å². The van der Waals surface area contributed by atoms with Crippen LogP contribution < -0.4 is 10.1 Å². The zero-order valence-electron chi connectivity index (χ0n) is 10.1. The number of ether oxygens (including phenoxy) is 1. The molecule has 1 fully saturated rings. The van der Waals surface area contributed by atoms with Gasteiger partial charge < -0.3 is 15.0 Å². The highest BCUT2D eigenvalue weighted by Gasteiger charge is 2.18. The molecule has 1 saturated heterocycles. The summed E-state index contributed by atoms with van der Waals surface area (Å²) in [6.45, 7) is 4.82. The molecule has 0 spiro atoms. The van der Waals surface area contributed by atoms with Crippen molar-refractivity contribution in [2.45, 2.75) is 13.3 Å². The standard InChI is InChI=1S/C13H18N2O2/c1-2-11-3-5-12(6-4-11)17-10-9-15-8-7-14-13(15)16/h3-6H,2,7-10H2,1H3,(H,14,16). The van der Waals surface area contributed by atoms with Crippen molar-refractivity contribution >= 4 is 6.03 Å². The monoisotopic (exact) mass is 234 g/mol. The Hall–Kier alpha value is -1.71. The van der Waals surface area contributed by atoms with Crippen molar-refractivity contribution in [3.05, 3.63) is 29.8 Å². The Bertz CT molecular complexity index is 376. The van der Waals surface area contributed by atoms with Crippen LogP contribution in [-0.4, -0.2) is 37.2 Å². The zero-order chi connectivity index (χ0) is 12.1. The van der Waals surface area contributed by atoms with E-state index in [2.05, 4.69) is 24.4 Å². The van der Waals surface area contributed by atoms with Crippen LogP contribution in [0.1, 0.15) is 12.5 Å².